The summed E-state index contributed by atoms with van der Waals surface area (Å²) in [6.45, 7) is -0.378. The smallest absolute Gasteiger partial charge is 0.338 e. The van der Waals surface area contributed by atoms with Crippen molar-refractivity contribution in [1.29, 1.82) is 0 Å². The topological polar surface area (TPSA) is 90.9 Å². The van der Waals surface area contributed by atoms with Crippen molar-refractivity contribution >= 4 is 23.3 Å². The van der Waals surface area contributed by atoms with Crippen LogP contribution in [-0.4, -0.2) is 38.5 Å². The molecule has 0 bridgehead atoms. The second-order valence-electron chi connectivity index (χ2n) is 6.46. The Bertz CT molecular complexity index is 1070. The van der Waals surface area contributed by atoms with Gasteiger partial charge in [0.05, 0.1) is 25.3 Å². The van der Waals surface area contributed by atoms with Crippen LogP contribution in [0.25, 0.3) is 0 Å². The van der Waals surface area contributed by atoms with Gasteiger partial charge in [0.25, 0.3) is 5.91 Å². The van der Waals surface area contributed by atoms with E-state index in [0.29, 0.717) is 28.3 Å². The van der Waals surface area contributed by atoms with Gasteiger partial charge in [-0.1, -0.05) is 12.1 Å². The van der Waals surface area contributed by atoms with Gasteiger partial charge >= 0.3 is 5.97 Å². The zero-order valence-electron chi connectivity index (χ0n) is 17.1. The summed E-state index contributed by atoms with van der Waals surface area (Å²) in [6, 6.07) is 19.6. The number of esters is 1. The van der Waals surface area contributed by atoms with Crippen molar-refractivity contribution in [2.24, 2.45) is 0 Å². The minimum absolute atomic E-state index is 0.262. The Morgan fingerprint density at radius 1 is 0.774 bits per heavy atom. The Morgan fingerprint density at radius 3 is 2.06 bits per heavy atom. The molecule has 0 fully saturated rings. The maximum Gasteiger partial charge on any atom is 0.338 e. The van der Waals surface area contributed by atoms with Crippen LogP contribution < -0.4 is 14.8 Å². The third kappa shape index (κ3) is 5.48. The number of carbonyl (C=O) groups excluding carboxylic acids is 3. The van der Waals surface area contributed by atoms with Gasteiger partial charge in [0.1, 0.15) is 11.5 Å². The van der Waals surface area contributed by atoms with Crippen LogP contribution in [0.4, 0.5) is 5.69 Å². The van der Waals surface area contributed by atoms with Crippen LogP contribution >= 0.6 is 0 Å². The summed E-state index contributed by atoms with van der Waals surface area (Å²) in [5.74, 6) is -0.202. The van der Waals surface area contributed by atoms with Crippen molar-refractivity contribution in [1.82, 2.24) is 0 Å². The zero-order valence-corrected chi connectivity index (χ0v) is 17.1. The van der Waals surface area contributed by atoms with E-state index in [1.54, 1.807) is 60.7 Å². The molecule has 0 aliphatic rings. The van der Waals surface area contributed by atoms with Gasteiger partial charge in [-0.25, -0.2) is 4.79 Å². The number of methoxy groups -OCH3 is 2. The molecule has 0 aromatic heterocycles. The first-order chi connectivity index (χ1) is 15.0. The second-order valence-corrected chi connectivity index (χ2v) is 6.46. The van der Waals surface area contributed by atoms with Crippen LogP contribution in [0.5, 0.6) is 11.5 Å². The quantitative estimate of drug-likeness (QED) is 0.438. The number of amides is 1. The molecule has 7 heteroatoms. The number of hydrogen-bond donors (Lipinski definition) is 1. The summed E-state index contributed by atoms with van der Waals surface area (Å²) in [4.78, 5) is 36.8. The van der Waals surface area contributed by atoms with Gasteiger partial charge in [-0.3, -0.25) is 9.59 Å². The minimum atomic E-state index is -0.635. The molecule has 3 aromatic rings. The molecule has 1 N–H and O–H groups in total. The number of nitrogens with one attached hydrogen (secondary N) is 1. The van der Waals surface area contributed by atoms with Crippen LogP contribution in [0.15, 0.2) is 72.8 Å². The molecule has 1 amide bonds. The van der Waals surface area contributed by atoms with E-state index in [1.165, 1.54) is 26.4 Å². The van der Waals surface area contributed by atoms with Crippen LogP contribution in [-0.2, 0) is 4.74 Å². The van der Waals surface area contributed by atoms with Gasteiger partial charge in [-0.05, 0) is 60.7 Å². The molecule has 0 aliphatic carbocycles. The summed E-state index contributed by atoms with van der Waals surface area (Å²) < 4.78 is 15.3. The van der Waals surface area contributed by atoms with Crippen molar-refractivity contribution in [2.75, 3.05) is 26.1 Å². The molecule has 0 aliphatic heterocycles. The SMILES string of the molecule is COc1ccc(C(=O)COC(=O)c2ccc(NC(=O)c3ccccc3OC)cc2)cc1. The Balaban J connectivity index is 1.57. The standard InChI is InChI=1S/C24H21NO6/c1-29-19-13-9-16(10-14-19)21(26)15-31-24(28)17-7-11-18(12-8-17)25-23(27)20-5-3-4-6-22(20)30-2/h3-14H,15H2,1-2H3,(H,25,27). The van der Waals surface area contributed by atoms with Crippen LogP contribution in [0.1, 0.15) is 31.1 Å². The van der Waals surface area contributed by atoms with Crippen molar-refractivity contribution in [2.45, 2.75) is 0 Å². The molecular formula is C24H21NO6. The third-order valence-corrected chi connectivity index (χ3v) is 4.48. The van der Waals surface area contributed by atoms with Crippen LogP contribution in [0.2, 0.25) is 0 Å². The van der Waals surface area contributed by atoms with Crippen molar-refractivity contribution in [3.8, 4) is 11.5 Å². The number of anilines is 1. The highest BCUT2D eigenvalue weighted by Gasteiger charge is 2.14. The Labute approximate surface area is 179 Å². The van der Waals surface area contributed by atoms with E-state index in [1.807, 2.05) is 0 Å². The number of para-hydroxylation sites is 1. The van der Waals surface area contributed by atoms with Gasteiger partial charge in [-0.2, -0.15) is 0 Å². The maximum absolute atomic E-state index is 12.4. The fourth-order valence-electron chi connectivity index (χ4n) is 2.79. The van der Waals surface area contributed by atoms with Gasteiger partial charge < -0.3 is 19.5 Å². The van der Waals surface area contributed by atoms with E-state index < -0.39 is 5.97 Å². The number of benzene rings is 3. The van der Waals surface area contributed by atoms with E-state index in [9.17, 15) is 14.4 Å². The molecular weight excluding hydrogens is 398 g/mol. The van der Waals surface area contributed by atoms with E-state index in [0.717, 1.165) is 0 Å². The average molecular weight is 419 g/mol. The number of hydrogen-bond acceptors (Lipinski definition) is 6. The molecule has 3 rings (SSSR count). The summed E-state index contributed by atoms with van der Waals surface area (Å²) in [6.07, 6.45) is 0. The lowest BCUT2D eigenvalue weighted by atomic mass is 10.1. The molecule has 7 nitrogen and oxygen atoms in total. The summed E-state index contributed by atoms with van der Waals surface area (Å²) in [7, 11) is 3.03. The number of carbonyl (C=O) groups is 3. The molecule has 0 saturated heterocycles. The van der Waals surface area contributed by atoms with Gasteiger partial charge in [0.15, 0.2) is 12.4 Å². The van der Waals surface area contributed by atoms with Gasteiger partial charge in [0.2, 0.25) is 0 Å². The normalized spacial score (nSPS) is 10.1. The number of Topliss-reactive ketones (excluding diaryl/α,β-unsaturated/α-hetero) is 1. The third-order valence-electron chi connectivity index (χ3n) is 4.48. The molecule has 0 heterocycles. The molecule has 158 valence electrons. The monoisotopic (exact) mass is 419 g/mol. The largest absolute Gasteiger partial charge is 0.497 e. The zero-order chi connectivity index (χ0) is 22.2. The highest BCUT2D eigenvalue weighted by Crippen LogP contribution is 2.19. The van der Waals surface area contributed by atoms with Gasteiger partial charge in [0, 0.05) is 11.3 Å². The average Bonchev–Trinajstić information content (AvgIpc) is 2.82. The van der Waals surface area contributed by atoms with Crippen molar-refractivity contribution in [3.63, 3.8) is 0 Å². The Hall–Kier alpha value is -4.13. The fraction of sp³-hybridized carbons (Fsp3) is 0.125. The van der Waals surface area contributed by atoms with E-state index in [4.69, 9.17) is 14.2 Å². The first kappa shape index (κ1) is 21.6. The lowest BCUT2D eigenvalue weighted by Crippen LogP contribution is -2.15. The van der Waals surface area contributed by atoms with Crippen molar-refractivity contribution < 1.29 is 28.6 Å². The van der Waals surface area contributed by atoms with E-state index in [2.05, 4.69) is 5.32 Å². The predicted molar refractivity (Wildman–Crippen MR) is 115 cm³/mol. The second kappa shape index (κ2) is 10.1. The maximum atomic E-state index is 12.4. The predicted octanol–water partition coefficient (Wildman–Crippen LogP) is 4.00. The lowest BCUT2D eigenvalue weighted by Gasteiger charge is -2.10. The van der Waals surface area contributed by atoms with Crippen LogP contribution in [0, 0.1) is 0 Å². The number of rotatable bonds is 8. The molecule has 0 spiro atoms. The molecule has 0 radical (unpaired) electrons. The summed E-state index contributed by atoms with van der Waals surface area (Å²) >= 11 is 0. The number of ketones is 1. The van der Waals surface area contributed by atoms with Crippen LogP contribution in [0.3, 0.4) is 0 Å². The summed E-state index contributed by atoms with van der Waals surface area (Å²) in [5.41, 5.74) is 1.58. The fourth-order valence-corrected chi connectivity index (χ4v) is 2.79. The first-order valence-corrected chi connectivity index (χ1v) is 9.40. The summed E-state index contributed by atoms with van der Waals surface area (Å²) in [5, 5.41) is 2.74. The van der Waals surface area contributed by atoms with E-state index >= 15 is 0 Å². The lowest BCUT2D eigenvalue weighted by molar-refractivity contribution is 0.0474. The molecule has 31 heavy (non-hydrogen) atoms. The highest BCUT2D eigenvalue weighted by atomic mass is 16.5. The Morgan fingerprint density at radius 2 is 1.42 bits per heavy atom. The van der Waals surface area contributed by atoms with Crippen molar-refractivity contribution in [3.05, 3.63) is 89.5 Å². The Kier molecular flexibility index (Phi) is 7.01. The highest BCUT2D eigenvalue weighted by molar-refractivity contribution is 6.06. The molecule has 0 unspecified atom stereocenters. The molecule has 3 aromatic carbocycles. The molecule has 0 atom stereocenters. The van der Waals surface area contributed by atoms with E-state index in [-0.39, 0.29) is 23.9 Å². The minimum Gasteiger partial charge on any atom is -0.497 e. The van der Waals surface area contributed by atoms with Gasteiger partial charge in [-0.15, -0.1) is 0 Å². The molecule has 0 saturated carbocycles. The number of ether oxygens (including phenoxy) is 3. The first-order valence-electron chi connectivity index (χ1n) is 9.40.